The Bertz CT molecular complexity index is 1690. The van der Waals surface area contributed by atoms with Gasteiger partial charge in [-0.05, 0) is 67.0 Å². The van der Waals surface area contributed by atoms with Crippen molar-refractivity contribution in [2.45, 2.75) is 50.7 Å². The molecular weight excluding hydrogens is 571 g/mol. The van der Waals surface area contributed by atoms with Gasteiger partial charge in [-0.25, -0.2) is 4.79 Å². The molecule has 2 aliphatic heterocycles. The second-order valence-corrected chi connectivity index (χ2v) is 11.5. The number of ether oxygens (including phenoxy) is 1. The van der Waals surface area contributed by atoms with Crippen molar-refractivity contribution < 1.29 is 32.6 Å². The molecule has 3 heterocycles. The molecular formula is C34H34F3N3O4. The number of carboxylic acids is 1. The number of hydrogen-bond acceptors (Lipinski definition) is 4. The molecule has 2 aliphatic rings. The number of aryl methyl sites for hydroxylation is 2. The minimum Gasteiger partial charge on any atom is -0.477 e. The number of anilines is 1. The fourth-order valence-electron chi connectivity index (χ4n) is 6.45. The minimum atomic E-state index is -4.74. The first-order chi connectivity index (χ1) is 21.2. The maximum absolute atomic E-state index is 14.4. The molecule has 3 N–H and O–H groups in total. The summed E-state index contributed by atoms with van der Waals surface area (Å²) >= 11 is 0. The van der Waals surface area contributed by atoms with Gasteiger partial charge in [0.1, 0.15) is 5.69 Å². The zero-order valence-corrected chi connectivity index (χ0v) is 24.2. The first-order valence-corrected chi connectivity index (χ1v) is 15.0. The minimum absolute atomic E-state index is 0.00940. The van der Waals surface area contributed by atoms with Crippen LogP contribution in [0.5, 0.6) is 0 Å². The number of nitrogens with one attached hydrogen (secondary N) is 2. The number of carboxylic acid groups (broad SMARTS) is 1. The van der Waals surface area contributed by atoms with E-state index < -0.39 is 23.6 Å². The number of amides is 1. The zero-order valence-electron chi connectivity index (χ0n) is 24.2. The Morgan fingerprint density at radius 2 is 1.77 bits per heavy atom. The van der Waals surface area contributed by atoms with Crippen molar-refractivity contribution in [2.75, 3.05) is 31.6 Å². The average molecular weight is 606 g/mol. The van der Waals surface area contributed by atoms with Gasteiger partial charge < -0.3 is 25.0 Å². The van der Waals surface area contributed by atoms with Crippen molar-refractivity contribution in [3.8, 4) is 11.1 Å². The molecule has 1 fully saturated rings. The fourth-order valence-corrected chi connectivity index (χ4v) is 6.45. The number of morpholine rings is 1. The molecule has 1 saturated heterocycles. The van der Waals surface area contributed by atoms with Crippen molar-refractivity contribution in [1.82, 2.24) is 9.88 Å². The number of benzene rings is 3. The third-order valence-electron chi connectivity index (χ3n) is 8.68. The maximum Gasteiger partial charge on any atom is 0.417 e. The summed E-state index contributed by atoms with van der Waals surface area (Å²) in [5, 5.41) is 14.2. The van der Waals surface area contributed by atoms with Crippen LogP contribution in [0, 0.1) is 0 Å². The van der Waals surface area contributed by atoms with Gasteiger partial charge in [-0.1, -0.05) is 48.9 Å². The van der Waals surface area contributed by atoms with E-state index in [4.69, 9.17) is 4.74 Å². The summed E-state index contributed by atoms with van der Waals surface area (Å²) < 4.78 is 48.5. The van der Waals surface area contributed by atoms with Crippen LogP contribution in [0.15, 0.2) is 60.7 Å². The van der Waals surface area contributed by atoms with E-state index in [-0.39, 0.29) is 22.4 Å². The Hall–Kier alpha value is -4.31. The third kappa shape index (κ3) is 6.04. The van der Waals surface area contributed by atoms with Crippen LogP contribution in [-0.4, -0.2) is 59.2 Å². The molecule has 230 valence electrons. The molecule has 1 atom stereocenters. The van der Waals surface area contributed by atoms with Crippen molar-refractivity contribution in [3.63, 3.8) is 0 Å². The van der Waals surface area contributed by atoms with Crippen LogP contribution in [0.2, 0.25) is 0 Å². The number of fused-ring (bicyclic) bond motifs is 2. The summed E-state index contributed by atoms with van der Waals surface area (Å²) in [6.45, 7) is 1.31. The highest BCUT2D eigenvalue weighted by atomic mass is 19.4. The Labute approximate surface area is 253 Å². The molecule has 4 aromatic rings. The van der Waals surface area contributed by atoms with Crippen LogP contribution < -0.4 is 5.32 Å². The summed E-state index contributed by atoms with van der Waals surface area (Å²) in [6.07, 6.45) is 0.349. The first-order valence-electron chi connectivity index (χ1n) is 15.0. The predicted octanol–water partition coefficient (Wildman–Crippen LogP) is 7.16. The highest BCUT2D eigenvalue weighted by Crippen LogP contribution is 2.41. The quantitative estimate of drug-likeness (QED) is 0.185. The number of nitrogens with zero attached hydrogens (tertiary/aromatic N) is 1. The molecule has 1 unspecified atom stereocenters. The first kappa shape index (κ1) is 29.7. The highest BCUT2D eigenvalue weighted by Gasteiger charge is 2.36. The maximum atomic E-state index is 14.4. The van der Waals surface area contributed by atoms with E-state index in [9.17, 15) is 27.9 Å². The van der Waals surface area contributed by atoms with Crippen molar-refractivity contribution in [1.29, 1.82) is 0 Å². The number of aromatic amines is 1. The second kappa shape index (κ2) is 12.4. The number of hydrogen-bond donors (Lipinski definition) is 3. The molecule has 10 heteroatoms. The topological polar surface area (TPSA) is 94.7 Å². The van der Waals surface area contributed by atoms with Crippen LogP contribution >= 0.6 is 0 Å². The normalized spacial score (nSPS) is 16.9. The molecule has 0 radical (unpaired) electrons. The van der Waals surface area contributed by atoms with Crippen molar-refractivity contribution in [3.05, 3.63) is 88.6 Å². The molecule has 0 aliphatic carbocycles. The molecule has 44 heavy (non-hydrogen) atoms. The summed E-state index contributed by atoms with van der Waals surface area (Å²) in [5.74, 6) is -1.64. The number of unbranched alkanes of at least 4 members (excludes halogenated alkanes) is 1. The van der Waals surface area contributed by atoms with Gasteiger partial charge in [0.05, 0.1) is 24.3 Å². The molecule has 1 amide bonds. The monoisotopic (exact) mass is 605 g/mol. The lowest BCUT2D eigenvalue weighted by atomic mass is 9.93. The van der Waals surface area contributed by atoms with Crippen LogP contribution in [0.4, 0.5) is 18.9 Å². The van der Waals surface area contributed by atoms with E-state index in [1.54, 1.807) is 18.2 Å². The number of halogens is 3. The highest BCUT2D eigenvalue weighted by molar-refractivity contribution is 6.04. The van der Waals surface area contributed by atoms with Crippen LogP contribution in [0.3, 0.4) is 0 Å². The van der Waals surface area contributed by atoms with Crippen LogP contribution in [0.25, 0.3) is 22.0 Å². The van der Waals surface area contributed by atoms with Crippen molar-refractivity contribution >= 4 is 28.5 Å². The van der Waals surface area contributed by atoms with Gasteiger partial charge in [0.15, 0.2) is 0 Å². The van der Waals surface area contributed by atoms with Gasteiger partial charge in [0.2, 0.25) is 0 Å². The van der Waals surface area contributed by atoms with Crippen molar-refractivity contribution in [2.24, 2.45) is 0 Å². The number of carbonyl (C=O) groups is 2. The predicted molar refractivity (Wildman–Crippen MR) is 162 cm³/mol. The molecule has 0 bridgehead atoms. The van der Waals surface area contributed by atoms with Gasteiger partial charge in [-0.2, -0.15) is 13.2 Å². The molecule has 1 aromatic heterocycles. The lowest BCUT2D eigenvalue weighted by Gasteiger charge is -2.27. The van der Waals surface area contributed by atoms with E-state index in [2.05, 4.69) is 22.4 Å². The zero-order chi connectivity index (χ0) is 30.8. The molecule has 0 spiro atoms. The molecule has 3 aromatic carbocycles. The summed E-state index contributed by atoms with van der Waals surface area (Å²) in [7, 11) is 0. The SMILES string of the molecule is O=C(O)c1[nH]c2c(-c3ccc(C(=O)N4CCOCC4)cc3C(F)(F)F)cccc2c1CCCCC1CCc2ccccc2N1. The Morgan fingerprint density at radius 3 is 2.55 bits per heavy atom. The van der Waals surface area contributed by atoms with E-state index in [0.717, 1.165) is 43.9 Å². The van der Waals surface area contributed by atoms with Crippen LogP contribution in [-0.2, 0) is 23.8 Å². The smallest absolute Gasteiger partial charge is 0.417 e. The van der Waals surface area contributed by atoms with E-state index >= 15 is 0 Å². The lowest BCUT2D eigenvalue weighted by Crippen LogP contribution is -2.40. The van der Waals surface area contributed by atoms with Gasteiger partial charge >= 0.3 is 12.1 Å². The fraction of sp³-hybridized carbons (Fsp3) is 0.353. The molecule has 7 nitrogen and oxygen atoms in total. The number of alkyl halides is 3. The number of carbonyl (C=O) groups excluding carboxylic acids is 1. The number of aromatic nitrogens is 1. The van der Waals surface area contributed by atoms with Gasteiger partial charge in [-0.15, -0.1) is 0 Å². The summed E-state index contributed by atoms with van der Waals surface area (Å²) in [4.78, 5) is 29.6. The van der Waals surface area contributed by atoms with E-state index in [1.807, 2.05) is 12.1 Å². The summed E-state index contributed by atoms with van der Waals surface area (Å²) in [6, 6.07) is 17.2. The number of H-pyrrole nitrogens is 1. The summed E-state index contributed by atoms with van der Waals surface area (Å²) in [5.41, 5.74) is 2.52. The lowest BCUT2D eigenvalue weighted by molar-refractivity contribution is -0.137. The van der Waals surface area contributed by atoms with Gasteiger partial charge in [-0.3, -0.25) is 4.79 Å². The Kier molecular flexibility index (Phi) is 8.35. The Morgan fingerprint density at radius 1 is 0.977 bits per heavy atom. The van der Waals surface area contributed by atoms with Gasteiger partial charge in [0.25, 0.3) is 5.91 Å². The molecule has 6 rings (SSSR count). The van der Waals surface area contributed by atoms with Gasteiger partial charge in [0, 0.05) is 41.3 Å². The largest absolute Gasteiger partial charge is 0.477 e. The second-order valence-electron chi connectivity index (χ2n) is 11.5. The number of para-hydroxylation sites is 2. The number of rotatable bonds is 8. The third-order valence-corrected chi connectivity index (χ3v) is 8.68. The average Bonchev–Trinajstić information content (AvgIpc) is 3.41. The van der Waals surface area contributed by atoms with E-state index in [0.29, 0.717) is 55.2 Å². The standard InChI is InChI=1S/C34H34F3N3O4/c35-34(36,37)28-20-22(32(41)40-16-18-44-19-17-40)13-15-24(28)25-9-5-10-26-27(31(33(42)43)39-30(25)26)8-3-2-7-23-14-12-21-6-1-4-11-29(21)38-23/h1,4-6,9-11,13,15,20,23,38-39H,2-3,7-8,12,14,16-19H2,(H,42,43). The number of aromatic carboxylic acids is 1. The molecule has 0 saturated carbocycles. The van der Waals surface area contributed by atoms with E-state index in [1.165, 1.54) is 22.6 Å². The van der Waals surface area contributed by atoms with Crippen LogP contribution in [0.1, 0.15) is 63.2 Å². The Balaban J connectivity index is 1.26.